The first-order chi connectivity index (χ1) is 13.7. The molecule has 29 heavy (non-hydrogen) atoms. The van der Waals surface area contributed by atoms with Gasteiger partial charge in [0.05, 0.1) is 6.42 Å². The Bertz CT molecular complexity index is 1120. The van der Waals surface area contributed by atoms with E-state index in [0.717, 1.165) is 16.7 Å². The van der Waals surface area contributed by atoms with Crippen molar-refractivity contribution >= 4 is 21.6 Å². The second kappa shape index (κ2) is 8.46. The third kappa shape index (κ3) is 5.66. The summed E-state index contributed by atoms with van der Waals surface area (Å²) >= 11 is 0. The number of rotatable bonds is 6. The van der Waals surface area contributed by atoms with Crippen LogP contribution in [-0.4, -0.2) is 14.3 Å². The lowest BCUT2D eigenvalue weighted by molar-refractivity contribution is -0.115. The number of carbonyl (C=O) groups excluding carboxylic acids is 1. The zero-order chi connectivity index (χ0) is 21.0. The molecule has 1 amide bonds. The fraction of sp³-hybridized carbons (Fsp3) is 0.136. The summed E-state index contributed by atoms with van der Waals surface area (Å²) in [6.45, 7) is 3.84. The minimum Gasteiger partial charge on any atom is -0.456 e. The summed E-state index contributed by atoms with van der Waals surface area (Å²) < 4.78 is 30.0. The molecule has 3 N–H and O–H groups in total. The number of anilines is 1. The van der Waals surface area contributed by atoms with Gasteiger partial charge in [0, 0.05) is 5.69 Å². The number of nitrogens with two attached hydrogens (primary N) is 1. The van der Waals surface area contributed by atoms with Gasteiger partial charge in [-0.25, -0.2) is 13.6 Å². The number of primary sulfonamides is 1. The smallest absolute Gasteiger partial charge is 0.241 e. The van der Waals surface area contributed by atoms with Crippen molar-refractivity contribution in [1.29, 1.82) is 0 Å². The van der Waals surface area contributed by atoms with Gasteiger partial charge in [0.15, 0.2) is 0 Å². The summed E-state index contributed by atoms with van der Waals surface area (Å²) in [6, 6.07) is 19.2. The minimum absolute atomic E-state index is 0.0959. The molecule has 0 saturated carbocycles. The number of aryl methyl sites for hydroxylation is 2. The van der Waals surface area contributed by atoms with E-state index in [1.165, 1.54) is 12.1 Å². The van der Waals surface area contributed by atoms with Crippen LogP contribution in [0.1, 0.15) is 16.7 Å². The molecule has 7 heteroatoms. The van der Waals surface area contributed by atoms with Crippen LogP contribution < -0.4 is 15.2 Å². The third-order valence-electron chi connectivity index (χ3n) is 4.16. The fourth-order valence-electron chi connectivity index (χ4n) is 3.00. The van der Waals surface area contributed by atoms with Gasteiger partial charge in [-0.15, -0.1) is 0 Å². The Hall–Kier alpha value is -3.16. The molecule has 0 aliphatic carbocycles. The summed E-state index contributed by atoms with van der Waals surface area (Å²) in [5, 5.41) is 8.07. The minimum atomic E-state index is -4.07. The van der Waals surface area contributed by atoms with Crippen molar-refractivity contribution in [3.8, 4) is 11.5 Å². The Kier molecular flexibility index (Phi) is 6.00. The summed E-state index contributed by atoms with van der Waals surface area (Å²) in [4.78, 5) is 12.1. The number of benzene rings is 3. The van der Waals surface area contributed by atoms with E-state index >= 15 is 0 Å². The van der Waals surface area contributed by atoms with Crippen molar-refractivity contribution in [1.82, 2.24) is 0 Å². The highest BCUT2D eigenvalue weighted by molar-refractivity contribution is 7.89. The lowest BCUT2D eigenvalue weighted by Crippen LogP contribution is -2.17. The molecular formula is C22H22N2O4S. The van der Waals surface area contributed by atoms with Gasteiger partial charge >= 0.3 is 0 Å². The van der Waals surface area contributed by atoms with Crippen LogP contribution in [0.5, 0.6) is 11.5 Å². The van der Waals surface area contributed by atoms with Gasteiger partial charge in [0.25, 0.3) is 0 Å². The van der Waals surface area contributed by atoms with Crippen molar-refractivity contribution in [3.05, 3.63) is 83.4 Å². The molecule has 0 atom stereocenters. The predicted octanol–water partition coefficient (Wildman–Crippen LogP) is 3.92. The lowest BCUT2D eigenvalue weighted by atomic mass is 10.1. The average molecular weight is 410 g/mol. The molecule has 0 heterocycles. The van der Waals surface area contributed by atoms with Crippen LogP contribution in [0.2, 0.25) is 0 Å². The maximum atomic E-state index is 12.3. The maximum absolute atomic E-state index is 12.3. The molecule has 0 aliphatic rings. The van der Waals surface area contributed by atoms with Crippen molar-refractivity contribution in [2.75, 3.05) is 5.32 Å². The molecule has 3 aromatic rings. The SMILES string of the molecule is Cc1cc(C)cc(Oc2ccc(NC(=O)Cc3ccccc3)cc2S(N)(=O)=O)c1. The Morgan fingerprint density at radius 1 is 0.966 bits per heavy atom. The van der Waals surface area contributed by atoms with Gasteiger partial charge < -0.3 is 10.1 Å². The molecule has 0 bridgehead atoms. The zero-order valence-electron chi connectivity index (χ0n) is 16.2. The van der Waals surface area contributed by atoms with E-state index in [1.807, 2.05) is 50.2 Å². The van der Waals surface area contributed by atoms with Gasteiger partial charge in [-0.2, -0.15) is 0 Å². The highest BCUT2D eigenvalue weighted by Gasteiger charge is 2.18. The highest BCUT2D eigenvalue weighted by atomic mass is 32.2. The number of hydrogen-bond acceptors (Lipinski definition) is 4. The van der Waals surface area contributed by atoms with E-state index in [0.29, 0.717) is 11.4 Å². The Morgan fingerprint density at radius 2 is 1.62 bits per heavy atom. The predicted molar refractivity (Wildman–Crippen MR) is 113 cm³/mol. The van der Waals surface area contributed by atoms with E-state index in [-0.39, 0.29) is 23.0 Å². The molecule has 6 nitrogen and oxygen atoms in total. The summed E-state index contributed by atoms with van der Waals surface area (Å²) in [5.74, 6) is 0.339. The van der Waals surface area contributed by atoms with Gasteiger partial charge in [-0.1, -0.05) is 36.4 Å². The Labute approximate surface area is 170 Å². The van der Waals surface area contributed by atoms with Crippen LogP contribution in [0.25, 0.3) is 0 Å². The van der Waals surface area contributed by atoms with E-state index in [9.17, 15) is 13.2 Å². The monoisotopic (exact) mass is 410 g/mol. The lowest BCUT2D eigenvalue weighted by Gasteiger charge is -2.13. The van der Waals surface area contributed by atoms with Crippen LogP contribution >= 0.6 is 0 Å². The first-order valence-electron chi connectivity index (χ1n) is 8.97. The highest BCUT2D eigenvalue weighted by Crippen LogP contribution is 2.31. The quantitative estimate of drug-likeness (QED) is 0.643. The van der Waals surface area contributed by atoms with Gasteiger partial charge in [-0.3, -0.25) is 4.79 Å². The molecule has 0 aromatic heterocycles. The van der Waals surface area contributed by atoms with Gasteiger partial charge in [0.2, 0.25) is 15.9 Å². The van der Waals surface area contributed by atoms with E-state index in [2.05, 4.69) is 5.32 Å². The standard InChI is InChI=1S/C22H22N2O4S/c1-15-10-16(2)12-19(11-15)28-20-9-8-18(14-21(20)29(23,26)27)24-22(25)13-17-6-4-3-5-7-17/h3-12,14H,13H2,1-2H3,(H,24,25)(H2,23,26,27). The Morgan fingerprint density at radius 3 is 2.24 bits per heavy atom. The molecule has 0 saturated heterocycles. The first-order valence-corrected chi connectivity index (χ1v) is 10.5. The van der Waals surface area contributed by atoms with Gasteiger partial charge in [0.1, 0.15) is 16.4 Å². The zero-order valence-corrected chi connectivity index (χ0v) is 17.0. The molecule has 0 fully saturated rings. The first kappa shape index (κ1) is 20.6. The number of ether oxygens (including phenoxy) is 1. The summed E-state index contributed by atoms with van der Waals surface area (Å²) in [7, 11) is -4.07. The average Bonchev–Trinajstić information content (AvgIpc) is 2.62. The van der Waals surface area contributed by atoms with Crippen molar-refractivity contribution < 1.29 is 17.9 Å². The Balaban J connectivity index is 1.85. The molecule has 0 spiro atoms. The molecule has 3 aromatic carbocycles. The topological polar surface area (TPSA) is 98.5 Å². The molecular weight excluding hydrogens is 388 g/mol. The number of nitrogens with one attached hydrogen (secondary N) is 1. The van der Waals surface area contributed by atoms with Crippen molar-refractivity contribution in [2.45, 2.75) is 25.2 Å². The molecule has 0 unspecified atom stereocenters. The van der Waals surface area contributed by atoms with Crippen LogP contribution in [0.4, 0.5) is 5.69 Å². The van der Waals surface area contributed by atoms with Crippen LogP contribution in [0.3, 0.4) is 0 Å². The van der Waals surface area contributed by atoms with Crippen molar-refractivity contribution in [3.63, 3.8) is 0 Å². The molecule has 0 aliphatic heterocycles. The second-order valence-electron chi connectivity index (χ2n) is 6.84. The number of hydrogen-bond donors (Lipinski definition) is 2. The van der Waals surface area contributed by atoms with E-state index in [4.69, 9.17) is 9.88 Å². The normalized spacial score (nSPS) is 11.1. The van der Waals surface area contributed by atoms with E-state index < -0.39 is 10.0 Å². The van der Waals surface area contributed by atoms with Crippen LogP contribution in [0, 0.1) is 13.8 Å². The summed E-state index contributed by atoms with van der Waals surface area (Å²) in [5.41, 5.74) is 3.15. The number of amides is 1. The molecule has 3 rings (SSSR count). The van der Waals surface area contributed by atoms with Crippen molar-refractivity contribution in [2.24, 2.45) is 5.14 Å². The molecule has 150 valence electrons. The largest absolute Gasteiger partial charge is 0.456 e. The second-order valence-corrected chi connectivity index (χ2v) is 8.37. The number of sulfonamides is 1. The molecule has 0 radical (unpaired) electrons. The summed E-state index contributed by atoms with van der Waals surface area (Å²) in [6.07, 6.45) is 0.173. The van der Waals surface area contributed by atoms with Crippen LogP contribution in [0.15, 0.2) is 71.6 Å². The maximum Gasteiger partial charge on any atom is 0.241 e. The fourth-order valence-corrected chi connectivity index (χ4v) is 3.68. The van der Waals surface area contributed by atoms with E-state index in [1.54, 1.807) is 18.2 Å². The van der Waals surface area contributed by atoms with Gasteiger partial charge in [-0.05, 0) is 60.9 Å². The number of carbonyl (C=O) groups is 1. The third-order valence-corrected chi connectivity index (χ3v) is 5.10. The van der Waals surface area contributed by atoms with Crippen LogP contribution in [-0.2, 0) is 21.2 Å².